The topological polar surface area (TPSA) is 29.5 Å². The van der Waals surface area contributed by atoms with Gasteiger partial charge in [-0.15, -0.1) is 11.8 Å². The second kappa shape index (κ2) is 10.8. The van der Waals surface area contributed by atoms with Crippen molar-refractivity contribution in [2.24, 2.45) is 23.2 Å². The highest BCUT2D eigenvalue weighted by Gasteiger charge is 2.52. The third-order valence-electron chi connectivity index (χ3n) is 11.5. The summed E-state index contributed by atoms with van der Waals surface area (Å²) >= 11 is 2.02. The molecule has 2 aromatic rings. The first-order valence-electron chi connectivity index (χ1n) is 17.1. The van der Waals surface area contributed by atoms with Crippen LogP contribution in [0.2, 0.25) is 0 Å². The maximum absolute atomic E-state index is 13.8. The Bertz CT molecular complexity index is 1490. The molecule has 234 valence electrons. The minimum Gasteiger partial charge on any atom is -0.497 e. The van der Waals surface area contributed by atoms with E-state index in [1.54, 1.807) is 7.11 Å². The van der Waals surface area contributed by atoms with Crippen molar-refractivity contribution < 1.29 is 9.53 Å². The van der Waals surface area contributed by atoms with E-state index in [1.807, 2.05) is 11.8 Å². The first-order valence-corrected chi connectivity index (χ1v) is 17.9. The zero-order valence-electron chi connectivity index (χ0n) is 28.0. The summed E-state index contributed by atoms with van der Waals surface area (Å²) in [5.41, 5.74) is 7.74. The average molecular weight is 610 g/mol. The highest BCUT2D eigenvalue weighted by atomic mass is 32.2. The van der Waals surface area contributed by atoms with Crippen LogP contribution in [0.5, 0.6) is 5.75 Å². The third kappa shape index (κ3) is 5.48. The number of fused-ring (bicyclic) bond motifs is 1. The summed E-state index contributed by atoms with van der Waals surface area (Å²) < 4.78 is 5.75. The lowest BCUT2D eigenvalue weighted by molar-refractivity contribution is -0.117. The summed E-state index contributed by atoms with van der Waals surface area (Å²) in [6.07, 6.45) is 15.7. The van der Waals surface area contributed by atoms with E-state index in [2.05, 4.69) is 95.0 Å². The summed E-state index contributed by atoms with van der Waals surface area (Å²) in [4.78, 5) is 17.4. The molecule has 0 aromatic heterocycles. The molecule has 0 N–H and O–H groups in total. The first kappa shape index (κ1) is 30.2. The van der Waals surface area contributed by atoms with Gasteiger partial charge in [0.15, 0.2) is 5.78 Å². The van der Waals surface area contributed by atoms with Crippen molar-refractivity contribution in [3.63, 3.8) is 0 Å². The van der Waals surface area contributed by atoms with Gasteiger partial charge in [-0.2, -0.15) is 0 Å². The Hall–Kier alpha value is -2.46. The number of hydrogen-bond acceptors (Lipinski definition) is 4. The number of aryl methyl sites for hydroxylation is 1. The molecule has 2 aromatic carbocycles. The predicted molar refractivity (Wildman–Crippen MR) is 186 cm³/mol. The Balaban J connectivity index is 1.24. The molecular formula is C40H51NO2S. The smallest absolute Gasteiger partial charge is 0.170 e. The average Bonchev–Trinajstić information content (AvgIpc) is 2.92. The van der Waals surface area contributed by atoms with Crippen LogP contribution in [0.15, 0.2) is 53.0 Å². The number of Topliss-reactive ketones (excluding diaryl/α,β-unsaturated/α-hetero) is 1. The van der Waals surface area contributed by atoms with Crippen LogP contribution in [-0.4, -0.2) is 23.2 Å². The van der Waals surface area contributed by atoms with E-state index in [4.69, 9.17) is 4.74 Å². The monoisotopic (exact) mass is 609 g/mol. The Morgan fingerprint density at radius 1 is 0.886 bits per heavy atom. The molecule has 5 aliphatic carbocycles. The highest BCUT2D eigenvalue weighted by molar-refractivity contribution is 8.05. The predicted octanol–water partition coefficient (Wildman–Crippen LogP) is 10.8. The molecular weight excluding hydrogens is 559 g/mol. The van der Waals surface area contributed by atoms with Crippen molar-refractivity contribution in [1.82, 2.24) is 0 Å². The Morgan fingerprint density at radius 2 is 1.52 bits per heavy atom. The molecule has 3 nitrogen and oxygen atoms in total. The number of anilines is 2. The molecule has 4 fully saturated rings. The van der Waals surface area contributed by atoms with Gasteiger partial charge >= 0.3 is 0 Å². The van der Waals surface area contributed by atoms with Gasteiger partial charge in [0, 0.05) is 28.1 Å². The number of benzene rings is 2. The van der Waals surface area contributed by atoms with Crippen LogP contribution in [0.1, 0.15) is 115 Å². The van der Waals surface area contributed by atoms with Crippen molar-refractivity contribution >= 4 is 35.0 Å². The molecule has 0 spiro atoms. The number of hydrogen-bond donors (Lipinski definition) is 0. The normalized spacial score (nSPS) is 32.0. The van der Waals surface area contributed by atoms with E-state index < -0.39 is 0 Å². The number of thioether (sulfide) groups is 1. The maximum Gasteiger partial charge on any atom is 0.170 e. The van der Waals surface area contributed by atoms with Gasteiger partial charge in [-0.1, -0.05) is 32.9 Å². The van der Waals surface area contributed by atoms with Crippen LogP contribution in [0, 0.1) is 30.1 Å². The van der Waals surface area contributed by atoms with Crippen molar-refractivity contribution in [3.05, 3.63) is 69.6 Å². The molecule has 1 unspecified atom stereocenters. The van der Waals surface area contributed by atoms with Crippen LogP contribution < -0.4 is 9.64 Å². The zero-order chi connectivity index (χ0) is 31.0. The molecule has 4 bridgehead atoms. The van der Waals surface area contributed by atoms with Crippen LogP contribution >= 0.6 is 11.8 Å². The third-order valence-corrected chi connectivity index (χ3v) is 13.2. The molecule has 1 heterocycles. The fourth-order valence-electron chi connectivity index (χ4n) is 10.2. The molecule has 44 heavy (non-hydrogen) atoms. The van der Waals surface area contributed by atoms with Crippen LogP contribution in [0.4, 0.5) is 11.4 Å². The standard InChI is InChI=1S/C40H51NO2S/c1-25-14-35-34(26(2)19-39(5,6)41(35)32-10-12-33(43-7)13-11-32)18-30(25)8-9-31-23-38(3,4)24-36(42)37(31)44-40-20-27-15-28(21-40)17-29(16-27)22-40/h8-14,18,26-29H,15-17,19-24H2,1-7H3/b9-8+. The molecule has 4 heteroatoms. The van der Waals surface area contributed by atoms with Gasteiger partial charge in [0.25, 0.3) is 0 Å². The molecule has 6 aliphatic rings. The molecule has 1 aliphatic heterocycles. The Labute approximate surface area is 269 Å². The summed E-state index contributed by atoms with van der Waals surface area (Å²) in [6.45, 7) is 13.9. The molecule has 0 amide bonds. The summed E-state index contributed by atoms with van der Waals surface area (Å²) in [7, 11) is 1.72. The number of ether oxygens (including phenoxy) is 1. The van der Waals surface area contributed by atoms with E-state index in [0.717, 1.165) is 41.3 Å². The largest absolute Gasteiger partial charge is 0.497 e. The molecule has 0 radical (unpaired) electrons. The van der Waals surface area contributed by atoms with Crippen LogP contribution in [-0.2, 0) is 4.79 Å². The van der Waals surface area contributed by atoms with Gasteiger partial charge < -0.3 is 9.64 Å². The van der Waals surface area contributed by atoms with Gasteiger partial charge in [-0.25, -0.2) is 0 Å². The van der Waals surface area contributed by atoms with Crippen molar-refractivity contribution in [2.45, 2.75) is 116 Å². The number of methoxy groups -OCH3 is 1. The van der Waals surface area contributed by atoms with Crippen molar-refractivity contribution in [1.29, 1.82) is 0 Å². The molecule has 1 atom stereocenters. The number of allylic oxidation sites excluding steroid dienone is 3. The minimum atomic E-state index is -0.00691. The lowest BCUT2D eigenvalue weighted by Crippen LogP contribution is -2.48. The van der Waals surface area contributed by atoms with Gasteiger partial charge in [-0.05, 0) is 160 Å². The Kier molecular flexibility index (Phi) is 7.43. The van der Waals surface area contributed by atoms with E-state index in [0.29, 0.717) is 22.9 Å². The summed E-state index contributed by atoms with van der Waals surface area (Å²) in [5, 5.41) is 0. The number of carbonyl (C=O) groups is 1. The molecule has 4 saturated carbocycles. The summed E-state index contributed by atoms with van der Waals surface area (Å²) in [5.74, 6) is 4.41. The van der Waals surface area contributed by atoms with Gasteiger partial charge in [0.2, 0.25) is 0 Å². The highest BCUT2D eigenvalue weighted by Crippen LogP contribution is 2.63. The van der Waals surface area contributed by atoms with Gasteiger partial charge in [0.1, 0.15) is 5.75 Å². The van der Waals surface area contributed by atoms with E-state index in [1.165, 1.54) is 72.2 Å². The molecule has 8 rings (SSSR count). The minimum absolute atomic E-state index is 0.00610. The van der Waals surface area contributed by atoms with E-state index >= 15 is 0 Å². The SMILES string of the molecule is COc1ccc(N2c3cc(C)c(/C=C/C4=C(SC56CC7CC(CC(C7)C5)C6)C(=O)CC(C)(C)C4)cc3C(C)CC2(C)C)cc1. The Morgan fingerprint density at radius 3 is 2.14 bits per heavy atom. The maximum atomic E-state index is 13.8. The fraction of sp³-hybridized carbons (Fsp3) is 0.575. The number of rotatable bonds is 6. The van der Waals surface area contributed by atoms with Gasteiger partial charge in [0.05, 0.1) is 12.0 Å². The first-order chi connectivity index (χ1) is 20.8. The van der Waals surface area contributed by atoms with Crippen LogP contribution in [0.25, 0.3) is 6.08 Å². The lowest BCUT2D eigenvalue weighted by Gasteiger charge is -2.56. The fourth-order valence-corrected chi connectivity index (χ4v) is 12.0. The second-order valence-corrected chi connectivity index (χ2v) is 18.0. The number of nitrogens with zero attached hydrogens (tertiary/aromatic N) is 1. The number of ketones is 1. The van der Waals surface area contributed by atoms with E-state index in [9.17, 15) is 4.79 Å². The van der Waals surface area contributed by atoms with Crippen molar-refractivity contribution in [3.8, 4) is 5.75 Å². The molecule has 0 saturated heterocycles. The summed E-state index contributed by atoms with van der Waals surface area (Å²) in [6, 6.07) is 13.3. The van der Waals surface area contributed by atoms with Crippen LogP contribution in [0.3, 0.4) is 0 Å². The van der Waals surface area contributed by atoms with Crippen molar-refractivity contribution in [2.75, 3.05) is 12.0 Å². The zero-order valence-corrected chi connectivity index (χ0v) is 28.8. The number of carbonyl (C=O) groups excluding carboxylic acids is 1. The van der Waals surface area contributed by atoms with E-state index in [-0.39, 0.29) is 11.0 Å². The second-order valence-electron chi connectivity index (χ2n) is 16.5. The van der Waals surface area contributed by atoms with Gasteiger partial charge in [-0.3, -0.25) is 4.79 Å². The quantitative estimate of drug-likeness (QED) is 0.326. The lowest BCUT2D eigenvalue weighted by atomic mass is 9.56.